The van der Waals surface area contributed by atoms with Crippen LogP contribution in [0.1, 0.15) is 125 Å². The highest BCUT2D eigenvalue weighted by molar-refractivity contribution is 5.35. The smallest absolute Gasteiger partial charge is 0.107 e. The first-order chi connectivity index (χ1) is 12.4. The highest BCUT2D eigenvalue weighted by Crippen LogP contribution is 2.31. The molecule has 0 bridgehead atoms. The Labute approximate surface area is 156 Å². The average molecular weight is 345 g/mol. The molecule has 1 nitrogen and oxygen atoms in total. The van der Waals surface area contributed by atoms with E-state index in [1.807, 2.05) is 0 Å². The average Bonchev–Trinajstić information content (AvgIpc) is 2.91. The van der Waals surface area contributed by atoms with Gasteiger partial charge >= 0.3 is 0 Å². The summed E-state index contributed by atoms with van der Waals surface area (Å²) < 4.78 is 6.54. The van der Waals surface area contributed by atoms with E-state index in [1.165, 1.54) is 140 Å². The Morgan fingerprint density at radius 1 is 0.320 bits per heavy atom. The molecule has 0 unspecified atom stereocenters. The molecule has 1 heterocycles. The largest absolute Gasteiger partial charge is 0.466 e. The van der Waals surface area contributed by atoms with Crippen LogP contribution in [-0.4, -0.2) is 0 Å². The Morgan fingerprint density at radius 3 is 0.960 bits per heavy atom. The lowest BCUT2D eigenvalue weighted by atomic mass is 9.93. The summed E-state index contributed by atoms with van der Waals surface area (Å²) in [5.41, 5.74) is 3.32. The number of furan rings is 1. The maximum absolute atomic E-state index is 6.54. The van der Waals surface area contributed by atoms with Gasteiger partial charge in [-0.1, -0.05) is 77.0 Å². The fourth-order valence-electron chi connectivity index (χ4n) is 4.89. The van der Waals surface area contributed by atoms with Crippen molar-refractivity contribution in [3.8, 4) is 0 Å². The van der Waals surface area contributed by atoms with Gasteiger partial charge in [-0.3, -0.25) is 0 Å². The molecule has 0 amide bonds. The van der Waals surface area contributed by atoms with Crippen LogP contribution in [0.3, 0.4) is 0 Å². The lowest BCUT2D eigenvalue weighted by molar-refractivity contribution is 0.436. The van der Waals surface area contributed by atoms with Gasteiger partial charge in [-0.2, -0.15) is 0 Å². The molecule has 0 atom stereocenters. The van der Waals surface area contributed by atoms with Gasteiger partial charge in [0, 0.05) is 12.8 Å². The summed E-state index contributed by atoms with van der Waals surface area (Å²) >= 11 is 0. The molecule has 1 aromatic rings. The Bertz CT molecular complexity index is 442. The highest BCUT2D eigenvalue weighted by Gasteiger charge is 2.19. The van der Waals surface area contributed by atoms with Crippen molar-refractivity contribution < 1.29 is 4.42 Å². The van der Waals surface area contributed by atoms with Gasteiger partial charge in [0.1, 0.15) is 11.5 Å². The van der Waals surface area contributed by atoms with Gasteiger partial charge in [0.25, 0.3) is 0 Å². The molecule has 0 spiro atoms. The van der Waals surface area contributed by atoms with Crippen molar-refractivity contribution in [2.45, 2.75) is 128 Å². The van der Waals surface area contributed by atoms with Crippen LogP contribution in [0.15, 0.2) is 4.42 Å². The van der Waals surface area contributed by atoms with E-state index in [4.69, 9.17) is 4.42 Å². The van der Waals surface area contributed by atoms with Gasteiger partial charge in [0.05, 0.1) is 0 Å². The maximum atomic E-state index is 6.54. The van der Waals surface area contributed by atoms with Gasteiger partial charge < -0.3 is 4.42 Å². The van der Waals surface area contributed by atoms with E-state index in [-0.39, 0.29) is 0 Å². The molecule has 3 rings (SSSR count). The maximum Gasteiger partial charge on any atom is 0.107 e. The third-order valence-electron chi connectivity index (χ3n) is 6.45. The predicted octanol–water partition coefficient (Wildman–Crippen LogP) is 7.72. The molecule has 25 heavy (non-hydrogen) atoms. The van der Waals surface area contributed by atoms with Gasteiger partial charge in [0.2, 0.25) is 0 Å². The van der Waals surface area contributed by atoms with E-state index in [0.717, 1.165) is 0 Å². The monoisotopic (exact) mass is 344 g/mol. The van der Waals surface area contributed by atoms with Crippen molar-refractivity contribution in [1.82, 2.24) is 0 Å². The second kappa shape index (κ2) is 11.1. The molecule has 0 aliphatic heterocycles. The van der Waals surface area contributed by atoms with Crippen LogP contribution in [-0.2, 0) is 25.7 Å². The number of hydrogen-bond acceptors (Lipinski definition) is 1. The zero-order valence-electron chi connectivity index (χ0n) is 16.6. The van der Waals surface area contributed by atoms with Gasteiger partial charge in [-0.25, -0.2) is 0 Å². The fourth-order valence-corrected chi connectivity index (χ4v) is 4.89. The molecule has 2 aliphatic rings. The first-order valence-corrected chi connectivity index (χ1v) is 11.6. The molecule has 0 radical (unpaired) electrons. The van der Waals surface area contributed by atoms with Gasteiger partial charge in [-0.15, -0.1) is 0 Å². The summed E-state index contributed by atoms with van der Waals surface area (Å²) in [5.74, 6) is 2.78. The molecule has 0 saturated heterocycles. The minimum absolute atomic E-state index is 1.20. The molecule has 0 fully saturated rings. The van der Waals surface area contributed by atoms with E-state index in [0.29, 0.717) is 0 Å². The van der Waals surface area contributed by atoms with E-state index < -0.39 is 0 Å². The summed E-state index contributed by atoms with van der Waals surface area (Å²) in [4.78, 5) is 0. The van der Waals surface area contributed by atoms with Crippen molar-refractivity contribution in [1.29, 1.82) is 0 Å². The summed E-state index contributed by atoms with van der Waals surface area (Å²) in [6, 6.07) is 0. The third kappa shape index (κ3) is 6.19. The molecule has 142 valence electrons. The fraction of sp³-hybridized carbons (Fsp3) is 0.833. The number of aryl methyl sites for hydroxylation is 2. The van der Waals surface area contributed by atoms with E-state index >= 15 is 0 Å². The molecular weight excluding hydrogens is 304 g/mol. The summed E-state index contributed by atoms with van der Waals surface area (Å²) in [7, 11) is 0. The van der Waals surface area contributed by atoms with Crippen LogP contribution in [0.4, 0.5) is 0 Å². The minimum atomic E-state index is 1.20. The van der Waals surface area contributed by atoms with E-state index in [1.54, 1.807) is 11.1 Å². The van der Waals surface area contributed by atoms with Crippen LogP contribution < -0.4 is 0 Å². The van der Waals surface area contributed by atoms with Crippen LogP contribution in [0.5, 0.6) is 0 Å². The topological polar surface area (TPSA) is 13.1 Å². The third-order valence-corrected chi connectivity index (χ3v) is 6.45. The lowest BCUT2D eigenvalue weighted by Crippen LogP contribution is -2.00. The van der Waals surface area contributed by atoms with Crippen LogP contribution in [0.2, 0.25) is 0 Å². The summed E-state index contributed by atoms with van der Waals surface area (Å²) in [6.07, 6.45) is 27.5. The summed E-state index contributed by atoms with van der Waals surface area (Å²) in [5, 5.41) is 0. The number of fused-ring (bicyclic) bond motifs is 3. The van der Waals surface area contributed by atoms with Crippen molar-refractivity contribution in [2.75, 3.05) is 0 Å². The number of rotatable bonds is 0. The Morgan fingerprint density at radius 2 is 0.600 bits per heavy atom. The predicted molar refractivity (Wildman–Crippen MR) is 107 cm³/mol. The van der Waals surface area contributed by atoms with Crippen LogP contribution in [0, 0.1) is 0 Å². The zero-order chi connectivity index (χ0) is 17.2. The second-order valence-electron chi connectivity index (χ2n) is 8.56. The Kier molecular flexibility index (Phi) is 8.45. The quantitative estimate of drug-likeness (QED) is 0.469. The SMILES string of the molecule is C1CCCCCc2c(oc3c2CCCCCCCCCC3)CCCC1. The first kappa shape index (κ1) is 19.1. The summed E-state index contributed by atoms with van der Waals surface area (Å²) in [6.45, 7) is 0. The van der Waals surface area contributed by atoms with Crippen molar-refractivity contribution in [3.05, 3.63) is 22.6 Å². The van der Waals surface area contributed by atoms with E-state index in [9.17, 15) is 0 Å². The van der Waals surface area contributed by atoms with Crippen LogP contribution in [0.25, 0.3) is 0 Å². The molecule has 2 aliphatic carbocycles. The number of hydrogen-bond donors (Lipinski definition) is 0. The lowest BCUT2D eigenvalue weighted by Gasteiger charge is -2.10. The molecule has 0 saturated carbocycles. The normalized spacial score (nSPS) is 22.4. The van der Waals surface area contributed by atoms with Crippen molar-refractivity contribution in [2.24, 2.45) is 0 Å². The van der Waals surface area contributed by atoms with Crippen molar-refractivity contribution >= 4 is 0 Å². The van der Waals surface area contributed by atoms with E-state index in [2.05, 4.69) is 0 Å². The zero-order valence-corrected chi connectivity index (χ0v) is 16.6. The molecule has 0 N–H and O–H groups in total. The Balaban J connectivity index is 1.76. The second-order valence-corrected chi connectivity index (χ2v) is 8.56. The molecule has 0 aromatic carbocycles. The first-order valence-electron chi connectivity index (χ1n) is 11.6. The molecule has 1 heteroatoms. The molecule has 1 aromatic heterocycles. The van der Waals surface area contributed by atoms with Gasteiger partial charge in [0.15, 0.2) is 0 Å². The van der Waals surface area contributed by atoms with Crippen molar-refractivity contribution in [3.63, 3.8) is 0 Å². The Hall–Kier alpha value is -0.720. The molecular formula is C24H40O. The van der Waals surface area contributed by atoms with Crippen LogP contribution >= 0.6 is 0 Å². The minimum Gasteiger partial charge on any atom is -0.466 e. The highest BCUT2D eigenvalue weighted by atomic mass is 16.3. The van der Waals surface area contributed by atoms with Gasteiger partial charge in [-0.05, 0) is 49.7 Å². The standard InChI is InChI=1S/C24H40O/c1-3-7-11-15-19-23-21(17-13-9-5-1)22-18-14-10-6-2-4-8-12-16-20-24(22)25-23/h1-20H2.